The van der Waals surface area contributed by atoms with Gasteiger partial charge in [-0.15, -0.1) is 0 Å². The van der Waals surface area contributed by atoms with Gasteiger partial charge in [-0.2, -0.15) is 0 Å². The fourth-order valence-corrected chi connectivity index (χ4v) is 4.71. The Labute approximate surface area is 210 Å². The summed E-state index contributed by atoms with van der Waals surface area (Å²) in [6.45, 7) is 3.74. The van der Waals surface area contributed by atoms with Crippen LogP contribution in [0.4, 0.5) is 5.69 Å². The first-order valence-electron chi connectivity index (χ1n) is 10.9. The van der Waals surface area contributed by atoms with E-state index in [2.05, 4.69) is 31.8 Å². The van der Waals surface area contributed by atoms with Gasteiger partial charge in [0.25, 0.3) is 0 Å². The van der Waals surface area contributed by atoms with Gasteiger partial charge < -0.3 is 19.2 Å². The van der Waals surface area contributed by atoms with E-state index in [1.807, 2.05) is 36.4 Å². The molecule has 4 aromatic rings. The number of hydrogen-bond acceptors (Lipinski definition) is 6. The highest BCUT2D eigenvalue weighted by Crippen LogP contribution is 2.32. The van der Waals surface area contributed by atoms with Gasteiger partial charge >= 0.3 is 0 Å². The number of aromatic hydroxyl groups is 1. The molecule has 1 aromatic heterocycles. The molecule has 8 heteroatoms. The van der Waals surface area contributed by atoms with Crippen molar-refractivity contribution < 1.29 is 14.3 Å². The van der Waals surface area contributed by atoms with Gasteiger partial charge in [0.1, 0.15) is 23.3 Å². The summed E-state index contributed by atoms with van der Waals surface area (Å²) in [6, 6.07) is 18.2. The zero-order valence-corrected chi connectivity index (χ0v) is 20.6. The summed E-state index contributed by atoms with van der Waals surface area (Å²) in [5, 5.41) is 11.7. The van der Waals surface area contributed by atoms with Crippen molar-refractivity contribution in [1.82, 2.24) is 4.90 Å². The molecule has 0 amide bonds. The van der Waals surface area contributed by atoms with Crippen LogP contribution in [0, 0.1) is 0 Å². The molecule has 3 aromatic carbocycles. The van der Waals surface area contributed by atoms with Crippen molar-refractivity contribution in [2.45, 2.75) is 6.54 Å². The van der Waals surface area contributed by atoms with E-state index in [9.17, 15) is 9.90 Å². The van der Waals surface area contributed by atoms with Crippen molar-refractivity contribution in [1.29, 1.82) is 0 Å². The number of ether oxygens (including phenoxy) is 1. The zero-order valence-electron chi connectivity index (χ0n) is 18.2. The molecular formula is C26H22BrClN2O4. The molecule has 5 rings (SSSR count). The average molecular weight is 542 g/mol. The molecule has 0 aliphatic carbocycles. The Morgan fingerprint density at radius 1 is 1.00 bits per heavy atom. The highest BCUT2D eigenvalue weighted by atomic mass is 79.9. The maximum absolute atomic E-state index is 13.1. The van der Waals surface area contributed by atoms with Crippen LogP contribution in [-0.2, 0) is 6.54 Å². The van der Waals surface area contributed by atoms with Gasteiger partial charge in [0.2, 0.25) is 11.2 Å². The van der Waals surface area contributed by atoms with E-state index in [4.69, 9.17) is 20.8 Å². The second-order valence-corrected chi connectivity index (χ2v) is 9.44. The number of phenolic OH excluding ortho intramolecular Hbond substituents is 1. The third-order valence-corrected chi connectivity index (χ3v) is 6.86. The van der Waals surface area contributed by atoms with Crippen LogP contribution < -0.4 is 15.1 Å². The Morgan fingerprint density at radius 3 is 2.56 bits per heavy atom. The number of halogens is 2. The zero-order chi connectivity index (χ0) is 23.7. The lowest BCUT2D eigenvalue weighted by molar-refractivity contribution is 0.246. The number of piperazine rings is 1. The Morgan fingerprint density at radius 2 is 1.79 bits per heavy atom. The van der Waals surface area contributed by atoms with E-state index in [1.165, 1.54) is 6.26 Å². The summed E-state index contributed by atoms with van der Waals surface area (Å²) < 4.78 is 12.4. The van der Waals surface area contributed by atoms with Gasteiger partial charge in [-0.05, 0) is 58.4 Å². The predicted molar refractivity (Wildman–Crippen MR) is 137 cm³/mol. The third kappa shape index (κ3) is 4.64. The Balaban J connectivity index is 1.36. The number of rotatable bonds is 5. The fraction of sp³-hybridized carbons (Fsp3) is 0.192. The predicted octanol–water partition coefficient (Wildman–Crippen LogP) is 6.03. The summed E-state index contributed by atoms with van der Waals surface area (Å²) in [4.78, 5) is 17.6. The number of nitrogens with zero attached hydrogens (tertiary/aromatic N) is 2. The van der Waals surface area contributed by atoms with Gasteiger partial charge in [-0.3, -0.25) is 9.69 Å². The minimum Gasteiger partial charge on any atom is -0.507 e. The normalized spacial score (nSPS) is 14.5. The van der Waals surface area contributed by atoms with Gasteiger partial charge in [0, 0.05) is 43.4 Å². The highest BCUT2D eigenvalue weighted by Gasteiger charge is 2.22. The van der Waals surface area contributed by atoms with E-state index >= 15 is 0 Å². The van der Waals surface area contributed by atoms with Crippen LogP contribution >= 0.6 is 27.5 Å². The number of benzene rings is 3. The van der Waals surface area contributed by atoms with E-state index in [0.29, 0.717) is 28.8 Å². The van der Waals surface area contributed by atoms with Crippen molar-refractivity contribution in [3.63, 3.8) is 0 Å². The molecule has 0 radical (unpaired) electrons. The van der Waals surface area contributed by atoms with Crippen molar-refractivity contribution in [3.8, 4) is 17.2 Å². The molecule has 1 aliphatic rings. The van der Waals surface area contributed by atoms with E-state index in [1.54, 1.807) is 18.2 Å². The second kappa shape index (κ2) is 9.70. The summed E-state index contributed by atoms with van der Waals surface area (Å²) in [7, 11) is 0. The molecule has 1 N–H and O–H groups in total. The van der Waals surface area contributed by atoms with E-state index < -0.39 is 0 Å². The molecule has 1 saturated heterocycles. The Hall–Kier alpha value is -3.00. The van der Waals surface area contributed by atoms with Crippen LogP contribution in [0.2, 0.25) is 5.02 Å². The lowest BCUT2D eigenvalue weighted by Gasteiger charge is -2.36. The fourth-order valence-electron chi connectivity index (χ4n) is 4.16. The monoisotopic (exact) mass is 540 g/mol. The first-order chi connectivity index (χ1) is 16.5. The number of fused-ring (bicyclic) bond motifs is 1. The summed E-state index contributed by atoms with van der Waals surface area (Å²) in [5.41, 5.74) is 1.78. The maximum Gasteiger partial charge on any atom is 0.235 e. The van der Waals surface area contributed by atoms with Crippen molar-refractivity contribution in [3.05, 3.63) is 92.2 Å². The molecule has 1 aliphatic heterocycles. The Bertz CT molecular complexity index is 1400. The topological polar surface area (TPSA) is 66.2 Å². The van der Waals surface area contributed by atoms with Crippen molar-refractivity contribution in [2.75, 3.05) is 31.1 Å². The molecule has 0 saturated carbocycles. The van der Waals surface area contributed by atoms with E-state index in [0.717, 1.165) is 41.4 Å². The molecule has 0 bridgehead atoms. The lowest BCUT2D eigenvalue weighted by atomic mass is 10.1. The molecule has 2 heterocycles. The average Bonchev–Trinajstić information content (AvgIpc) is 2.84. The molecule has 174 valence electrons. The minimum atomic E-state index is -0.288. The van der Waals surface area contributed by atoms with Gasteiger partial charge in [0.05, 0.1) is 15.4 Å². The van der Waals surface area contributed by atoms with Crippen LogP contribution in [0.5, 0.6) is 17.2 Å². The maximum atomic E-state index is 13.1. The lowest BCUT2D eigenvalue weighted by Crippen LogP contribution is -2.46. The molecule has 6 nitrogen and oxygen atoms in total. The number of para-hydroxylation sites is 1. The van der Waals surface area contributed by atoms with E-state index in [-0.39, 0.29) is 16.9 Å². The van der Waals surface area contributed by atoms with Gasteiger partial charge in [-0.25, -0.2) is 0 Å². The Kier molecular flexibility index (Phi) is 6.50. The molecule has 34 heavy (non-hydrogen) atoms. The largest absolute Gasteiger partial charge is 0.507 e. The molecule has 1 fully saturated rings. The second-order valence-electron chi connectivity index (χ2n) is 8.14. The standard InChI is InChI=1S/C26H22BrClN2O4/c27-21-6-1-2-7-23(21)34-24-16-33-26-19(25(24)32)8-9-22(31)20(26)15-29-10-12-30(13-11-29)18-5-3-4-17(28)14-18/h1-9,14,16,31H,10-13,15H2. The van der Waals surface area contributed by atoms with Crippen LogP contribution in [0.15, 0.2) is 80.6 Å². The smallest absolute Gasteiger partial charge is 0.235 e. The number of anilines is 1. The van der Waals surface area contributed by atoms with Crippen LogP contribution in [0.1, 0.15) is 5.56 Å². The number of phenols is 1. The number of hydrogen-bond donors (Lipinski definition) is 1. The first kappa shape index (κ1) is 22.8. The summed E-state index contributed by atoms with van der Waals surface area (Å²) >= 11 is 9.56. The molecule has 0 unspecified atom stereocenters. The molecule has 0 spiro atoms. The summed E-state index contributed by atoms with van der Waals surface area (Å²) in [5.74, 6) is 0.712. The molecule has 0 atom stereocenters. The van der Waals surface area contributed by atoms with Crippen LogP contribution in [0.3, 0.4) is 0 Å². The van der Waals surface area contributed by atoms with Crippen molar-refractivity contribution >= 4 is 44.2 Å². The first-order valence-corrected chi connectivity index (χ1v) is 12.1. The van der Waals surface area contributed by atoms with Gasteiger partial charge in [0.15, 0.2) is 0 Å². The van der Waals surface area contributed by atoms with Crippen LogP contribution in [0.25, 0.3) is 11.0 Å². The van der Waals surface area contributed by atoms with Crippen molar-refractivity contribution in [2.24, 2.45) is 0 Å². The quantitative estimate of drug-likeness (QED) is 0.333. The minimum absolute atomic E-state index is 0.0891. The molecular weight excluding hydrogens is 520 g/mol. The third-order valence-electron chi connectivity index (χ3n) is 5.97. The SMILES string of the molecule is O=c1c(Oc2ccccc2Br)coc2c(CN3CCN(c4cccc(Cl)c4)CC3)c(O)ccc12. The van der Waals surface area contributed by atoms with Crippen LogP contribution in [-0.4, -0.2) is 36.2 Å². The highest BCUT2D eigenvalue weighted by molar-refractivity contribution is 9.10. The van der Waals surface area contributed by atoms with Gasteiger partial charge in [-0.1, -0.05) is 29.8 Å². The summed E-state index contributed by atoms with van der Waals surface area (Å²) in [6.07, 6.45) is 1.31.